The topological polar surface area (TPSA) is 98.5 Å². The highest BCUT2D eigenvalue weighted by Gasteiger charge is 2.32. The van der Waals surface area contributed by atoms with Gasteiger partial charge in [0, 0.05) is 36.8 Å². The molecule has 3 aromatic carbocycles. The van der Waals surface area contributed by atoms with E-state index in [1.807, 2.05) is 30.3 Å². The number of methoxy groups -OCH3 is 1. The van der Waals surface area contributed by atoms with Gasteiger partial charge in [0.2, 0.25) is 0 Å². The number of ether oxygens (including phenoxy) is 1. The van der Waals surface area contributed by atoms with Gasteiger partial charge in [0.05, 0.1) is 40.6 Å². The van der Waals surface area contributed by atoms with E-state index < -0.39 is 5.91 Å². The summed E-state index contributed by atoms with van der Waals surface area (Å²) in [6.45, 7) is 0.798. The Morgan fingerprint density at radius 2 is 1.79 bits per heavy atom. The molecule has 6 rings (SSSR count). The van der Waals surface area contributed by atoms with Gasteiger partial charge in [-0.1, -0.05) is 35.3 Å². The number of carbonyl (C=O) groups excluding carboxylic acids is 2. The van der Waals surface area contributed by atoms with Crippen LogP contribution < -0.4 is 15.7 Å². The van der Waals surface area contributed by atoms with Gasteiger partial charge in [-0.3, -0.25) is 23.7 Å². The number of hydrogen-bond donors (Lipinski definition) is 1. The molecule has 3 heterocycles. The zero-order valence-electron chi connectivity index (χ0n) is 22.5. The lowest BCUT2D eigenvalue weighted by Crippen LogP contribution is -2.41. The molecule has 0 aliphatic carbocycles. The normalized spacial score (nSPS) is 12.7. The van der Waals surface area contributed by atoms with E-state index in [4.69, 9.17) is 27.9 Å². The summed E-state index contributed by atoms with van der Waals surface area (Å²) in [5.41, 5.74) is 2.85. The summed E-state index contributed by atoms with van der Waals surface area (Å²) in [5.74, 6) is -0.0988. The Balaban J connectivity index is 1.36. The number of carbonyl (C=O) groups is 2. The predicted molar refractivity (Wildman–Crippen MR) is 161 cm³/mol. The maximum atomic E-state index is 13.9. The number of aromatic nitrogens is 3. The van der Waals surface area contributed by atoms with Crippen molar-refractivity contribution in [1.82, 2.24) is 24.3 Å². The van der Waals surface area contributed by atoms with Crippen molar-refractivity contribution in [2.75, 3.05) is 13.7 Å². The zero-order valence-corrected chi connectivity index (χ0v) is 24.0. The SMILES string of the molecule is COc1ccc(-n2c(C(=O)NCc3ccc4ncccc4c3)c3n(c2=O)CCN(C(=O)c2ccc(Cl)c(Cl)c2)C3)cc1. The molecule has 9 nitrogen and oxygen atoms in total. The minimum atomic E-state index is -0.438. The Morgan fingerprint density at radius 3 is 2.55 bits per heavy atom. The number of pyridine rings is 1. The number of amides is 2. The molecule has 2 amide bonds. The number of imidazole rings is 1. The first-order valence-electron chi connectivity index (χ1n) is 13.2. The highest BCUT2D eigenvalue weighted by Crippen LogP contribution is 2.26. The zero-order chi connectivity index (χ0) is 29.4. The summed E-state index contributed by atoms with van der Waals surface area (Å²) < 4.78 is 8.22. The van der Waals surface area contributed by atoms with Crippen molar-refractivity contribution >= 4 is 45.9 Å². The molecule has 0 saturated heterocycles. The lowest BCUT2D eigenvalue weighted by Gasteiger charge is -2.28. The first-order chi connectivity index (χ1) is 20.3. The summed E-state index contributed by atoms with van der Waals surface area (Å²) in [4.78, 5) is 46.9. The largest absolute Gasteiger partial charge is 0.497 e. The Kier molecular flexibility index (Phi) is 7.45. The molecule has 0 radical (unpaired) electrons. The molecule has 0 bridgehead atoms. The standard InChI is InChI=1S/C31H25Cl2N5O4/c1-42-23-8-6-22(7-9-23)38-28(29(39)35-17-19-4-11-26-20(15-19)3-2-12-34-26)27-18-36(13-14-37(27)31(38)41)30(40)21-5-10-24(32)25(33)16-21/h2-12,15-16H,13-14,17-18H2,1H3,(H,35,39). The fourth-order valence-corrected chi connectivity index (χ4v) is 5.45. The summed E-state index contributed by atoms with van der Waals surface area (Å²) >= 11 is 12.2. The van der Waals surface area contributed by atoms with Gasteiger partial charge < -0.3 is 15.0 Å². The van der Waals surface area contributed by atoms with Crippen LogP contribution in [0.3, 0.4) is 0 Å². The molecule has 2 aromatic heterocycles. The van der Waals surface area contributed by atoms with E-state index in [1.54, 1.807) is 59.2 Å². The number of nitrogens with one attached hydrogen (secondary N) is 1. The van der Waals surface area contributed by atoms with Crippen LogP contribution in [0.25, 0.3) is 16.6 Å². The molecule has 5 aromatic rings. The smallest absolute Gasteiger partial charge is 0.333 e. The lowest BCUT2D eigenvalue weighted by molar-refractivity contribution is 0.0706. The van der Waals surface area contributed by atoms with E-state index in [2.05, 4.69) is 10.3 Å². The maximum absolute atomic E-state index is 13.9. The van der Waals surface area contributed by atoms with Crippen LogP contribution in [0.2, 0.25) is 10.0 Å². The molecule has 1 aliphatic heterocycles. The van der Waals surface area contributed by atoms with Crippen LogP contribution in [0.4, 0.5) is 0 Å². The van der Waals surface area contributed by atoms with E-state index in [-0.39, 0.29) is 48.5 Å². The van der Waals surface area contributed by atoms with Gasteiger partial charge in [0.1, 0.15) is 11.4 Å². The predicted octanol–water partition coefficient (Wildman–Crippen LogP) is 5.09. The average molecular weight is 602 g/mol. The van der Waals surface area contributed by atoms with Crippen molar-refractivity contribution in [1.29, 1.82) is 0 Å². The third kappa shape index (κ3) is 5.13. The molecule has 1 N–H and O–H groups in total. The molecular weight excluding hydrogens is 577 g/mol. The van der Waals surface area contributed by atoms with Crippen LogP contribution >= 0.6 is 23.2 Å². The van der Waals surface area contributed by atoms with E-state index in [9.17, 15) is 14.4 Å². The summed E-state index contributed by atoms with van der Waals surface area (Å²) in [6.07, 6.45) is 1.73. The Morgan fingerprint density at radius 1 is 0.976 bits per heavy atom. The van der Waals surface area contributed by atoms with Crippen LogP contribution in [0.1, 0.15) is 32.1 Å². The second-order valence-electron chi connectivity index (χ2n) is 9.83. The van der Waals surface area contributed by atoms with Crippen molar-refractivity contribution in [2.24, 2.45) is 0 Å². The summed E-state index contributed by atoms with van der Waals surface area (Å²) in [6, 6.07) is 21.2. The van der Waals surface area contributed by atoms with E-state index in [0.717, 1.165) is 16.5 Å². The highest BCUT2D eigenvalue weighted by molar-refractivity contribution is 6.42. The average Bonchev–Trinajstić information content (AvgIpc) is 3.32. The number of halogens is 2. The number of nitrogens with zero attached hydrogens (tertiary/aromatic N) is 4. The van der Waals surface area contributed by atoms with Crippen LogP contribution in [0.15, 0.2) is 83.8 Å². The molecule has 0 fully saturated rings. The second-order valence-corrected chi connectivity index (χ2v) is 10.6. The van der Waals surface area contributed by atoms with Crippen molar-refractivity contribution in [3.8, 4) is 11.4 Å². The van der Waals surface area contributed by atoms with Crippen LogP contribution in [0, 0.1) is 0 Å². The lowest BCUT2D eigenvalue weighted by atomic mass is 10.1. The molecule has 0 unspecified atom stereocenters. The van der Waals surface area contributed by atoms with Crippen LogP contribution in [-0.2, 0) is 19.6 Å². The molecule has 0 saturated carbocycles. The fraction of sp³-hybridized carbons (Fsp3) is 0.161. The van der Waals surface area contributed by atoms with Gasteiger partial charge in [-0.15, -0.1) is 0 Å². The molecule has 0 spiro atoms. The number of hydrogen-bond acceptors (Lipinski definition) is 5. The molecule has 11 heteroatoms. The number of benzene rings is 3. The van der Waals surface area contributed by atoms with E-state index >= 15 is 0 Å². The highest BCUT2D eigenvalue weighted by atomic mass is 35.5. The number of fused-ring (bicyclic) bond motifs is 2. The first-order valence-corrected chi connectivity index (χ1v) is 13.9. The Hall–Kier alpha value is -4.60. The Bertz CT molecular complexity index is 1900. The van der Waals surface area contributed by atoms with E-state index in [1.165, 1.54) is 10.6 Å². The quantitative estimate of drug-likeness (QED) is 0.292. The van der Waals surface area contributed by atoms with Gasteiger partial charge in [-0.2, -0.15) is 0 Å². The van der Waals surface area contributed by atoms with Crippen molar-refractivity contribution in [2.45, 2.75) is 19.6 Å². The van der Waals surface area contributed by atoms with Crippen molar-refractivity contribution in [3.63, 3.8) is 0 Å². The summed E-state index contributed by atoms with van der Waals surface area (Å²) in [7, 11) is 1.56. The minimum absolute atomic E-state index is 0.0574. The van der Waals surface area contributed by atoms with Gasteiger partial charge in [-0.25, -0.2) is 4.79 Å². The third-order valence-corrected chi connectivity index (χ3v) is 8.04. The van der Waals surface area contributed by atoms with Gasteiger partial charge >= 0.3 is 5.69 Å². The van der Waals surface area contributed by atoms with E-state index in [0.29, 0.717) is 27.7 Å². The van der Waals surface area contributed by atoms with Crippen LogP contribution in [0.5, 0.6) is 5.75 Å². The maximum Gasteiger partial charge on any atom is 0.333 e. The third-order valence-electron chi connectivity index (χ3n) is 7.30. The molecular formula is C31H25Cl2N5O4. The van der Waals surface area contributed by atoms with Gasteiger partial charge in [0.15, 0.2) is 0 Å². The first kappa shape index (κ1) is 27.6. The monoisotopic (exact) mass is 601 g/mol. The van der Waals surface area contributed by atoms with Gasteiger partial charge in [0.25, 0.3) is 11.8 Å². The van der Waals surface area contributed by atoms with Gasteiger partial charge in [-0.05, 0) is 66.2 Å². The second kappa shape index (κ2) is 11.3. The molecule has 1 aliphatic rings. The minimum Gasteiger partial charge on any atom is -0.497 e. The Labute approximate surface area is 250 Å². The molecule has 42 heavy (non-hydrogen) atoms. The van der Waals surface area contributed by atoms with Crippen molar-refractivity contribution < 1.29 is 14.3 Å². The number of rotatable bonds is 6. The van der Waals surface area contributed by atoms with Crippen molar-refractivity contribution in [3.05, 3.63) is 122 Å². The summed E-state index contributed by atoms with van der Waals surface area (Å²) in [5, 5.41) is 4.54. The molecule has 0 atom stereocenters. The molecule has 212 valence electrons. The van der Waals surface area contributed by atoms with Crippen LogP contribution in [-0.4, -0.2) is 44.5 Å². The fourth-order valence-electron chi connectivity index (χ4n) is 5.15.